The minimum atomic E-state index is -0.402. The second-order valence-corrected chi connectivity index (χ2v) is 6.30. The number of hydrogen-bond donors (Lipinski definition) is 1. The van der Waals surface area contributed by atoms with Crippen molar-refractivity contribution in [2.75, 3.05) is 11.6 Å². The number of nitrogens with zero attached hydrogens (tertiary/aromatic N) is 2. The molecule has 0 aliphatic rings. The summed E-state index contributed by atoms with van der Waals surface area (Å²) < 4.78 is 15.1. The van der Waals surface area contributed by atoms with E-state index in [9.17, 15) is 9.18 Å². The molecule has 2 heterocycles. The van der Waals surface area contributed by atoms with E-state index >= 15 is 0 Å². The van der Waals surface area contributed by atoms with Crippen LogP contribution in [0.4, 0.5) is 10.1 Å². The molecule has 0 radical (unpaired) electrons. The van der Waals surface area contributed by atoms with Gasteiger partial charge in [0.15, 0.2) is 0 Å². The van der Waals surface area contributed by atoms with Gasteiger partial charge in [0.25, 0.3) is 5.91 Å². The zero-order valence-electron chi connectivity index (χ0n) is 13.5. The Morgan fingerprint density at radius 1 is 1.33 bits per heavy atom. The number of thioether (sulfide) groups is 1. The Balaban J connectivity index is 2.01. The largest absolute Gasteiger partial charge is 0.321 e. The summed E-state index contributed by atoms with van der Waals surface area (Å²) in [5.41, 5.74) is 2.35. The highest BCUT2D eigenvalue weighted by Gasteiger charge is 2.19. The number of amides is 1. The summed E-state index contributed by atoms with van der Waals surface area (Å²) in [6.45, 7) is 2.02. The Morgan fingerprint density at radius 3 is 2.92 bits per heavy atom. The lowest BCUT2D eigenvalue weighted by molar-refractivity contribution is 0.102. The maximum Gasteiger partial charge on any atom is 0.274 e. The van der Waals surface area contributed by atoms with Crippen LogP contribution in [0.25, 0.3) is 5.65 Å². The number of fused-ring (bicyclic) bond motifs is 1. The summed E-state index contributed by atoms with van der Waals surface area (Å²) >= 11 is 1.60. The highest BCUT2D eigenvalue weighted by molar-refractivity contribution is 7.98. The van der Waals surface area contributed by atoms with Crippen molar-refractivity contribution < 1.29 is 9.18 Å². The quantitative estimate of drug-likeness (QED) is 0.699. The number of imidazole rings is 1. The minimum absolute atomic E-state index is 0.283. The molecule has 6 heteroatoms. The lowest BCUT2D eigenvalue weighted by Crippen LogP contribution is -2.16. The Kier molecular flexibility index (Phi) is 4.85. The van der Waals surface area contributed by atoms with Crippen LogP contribution < -0.4 is 5.32 Å². The molecule has 1 aromatic carbocycles. The third-order valence-electron chi connectivity index (χ3n) is 3.68. The molecule has 0 saturated heterocycles. The normalized spacial score (nSPS) is 11.0. The fraction of sp³-hybridized carbons (Fsp3) is 0.222. The van der Waals surface area contributed by atoms with Crippen molar-refractivity contribution in [2.24, 2.45) is 0 Å². The number of benzene rings is 1. The molecule has 0 aliphatic carbocycles. The number of hydrogen-bond acceptors (Lipinski definition) is 3. The van der Waals surface area contributed by atoms with E-state index in [2.05, 4.69) is 10.3 Å². The van der Waals surface area contributed by atoms with E-state index in [0.717, 1.165) is 11.3 Å². The number of rotatable bonds is 5. The predicted octanol–water partition coefficient (Wildman–Crippen LogP) is 4.40. The lowest BCUT2D eigenvalue weighted by Gasteiger charge is -2.08. The van der Waals surface area contributed by atoms with Crippen molar-refractivity contribution in [2.45, 2.75) is 24.7 Å². The van der Waals surface area contributed by atoms with E-state index < -0.39 is 5.82 Å². The highest BCUT2D eigenvalue weighted by Crippen LogP contribution is 2.21. The molecule has 0 saturated carbocycles. The van der Waals surface area contributed by atoms with Gasteiger partial charge in [0.05, 0.1) is 5.69 Å². The molecule has 0 bridgehead atoms. The Hall–Kier alpha value is -2.34. The lowest BCUT2D eigenvalue weighted by atomic mass is 10.2. The number of aromatic nitrogens is 2. The number of carbonyl (C=O) groups is 1. The van der Waals surface area contributed by atoms with Crippen LogP contribution in [0.15, 0.2) is 47.5 Å². The fourth-order valence-corrected chi connectivity index (χ4v) is 3.07. The van der Waals surface area contributed by atoms with Crippen molar-refractivity contribution in [1.29, 1.82) is 0 Å². The van der Waals surface area contributed by atoms with Gasteiger partial charge in [-0.15, -0.1) is 11.8 Å². The zero-order chi connectivity index (χ0) is 17.1. The molecule has 0 fully saturated rings. The summed E-state index contributed by atoms with van der Waals surface area (Å²) in [7, 11) is 0. The standard InChI is InChI=1S/C18H18FN3OS/c1-3-5-15-17(22-11-12(19)8-9-16(22)21-15)18(23)20-13-6-4-7-14(10-13)24-2/h4,6-11H,3,5H2,1-2H3,(H,20,23). The molecular weight excluding hydrogens is 325 g/mol. The number of carbonyl (C=O) groups excluding carboxylic acids is 1. The van der Waals surface area contributed by atoms with Gasteiger partial charge in [-0.25, -0.2) is 9.37 Å². The molecule has 0 atom stereocenters. The van der Waals surface area contributed by atoms with Gasteiger partial charge in [-0.3, -0.25) is 9.20 Å². The van der Waals surface area contributed by atoms with E-state index in [-0.39, 0.29) is 5.91 Å². The van der Waals surface area contributed by atoms with Crippen LogP contribution in [-0.2, 0) is 6.42 Å². The van der Waals surface area contributed by atoms with Gasteiger partial charge in [-0.1, -0.05) is 19.4 Å². The molecule has 0 spiro atoms. The summed E-state index contributed by atoms with van der Waals surface area (Å²) in [5.74, 6) is -0.684. The number of anilines is 1. The fourth-order valence-electron chi connectivity index (χ4n) is 2.61. The van der Waals surface area contributed by atoms with Crippen LogP contribution in [0.1, 0.15) is 29.5 Å². The van der Waals surface area contributed by atoms with E-state index in [1.165, 1.54) is 16.7 Å². The number of nitrogens with one attached hydrogen (secondary N) is 1. The van der Waals surface area contributed by atoms with E-state index in [1.807, 2.05) is 37.4 Å². The Labute approximate surface area is 144 Å². The molecule has 24 heavy (non-hydrogen) atoms. The summed E-state index contributed by atoms with van der Waals surface area (Å²) in [5, 5.41) is 2.89. The van der Waals surface area contributed by atoms with Gasteiger partial charge >= 0.3 is 0 Å². The third kappa shape index (κ3) is 3.28. The van der Waals surface area contributed by atoms with Gasteiger partial charge in [0.1, 0.15) is 17.2 Å². The first-order chi connectivity index (χ1) is 11.6. The molecule has 124 valence electrons. The molecule has 0 aliphatic heterocycles. The van der Waals surface area contributed by atoms with Gasteiger partial charge in [0, 0.05) is 16.8 Å². The Bertz CT molecular complexity index is 891. The average Bonchev–Trinajstić information content (AvgIpc) is 2.92. The molecule has 3 aromatic rings. The van der Waals surface area contributed by atoms with Crippen LogP contribution in [0, 0.1) is 5.82 Å². The molecule has 1 N–H and O–H groups in total. The molecule has 3 rings (SSSR count). The summed E-state index contributed by atoms with van der Waals surface area (Å²) in [4.78, 5) is 18.3. The third-order valence-corrected chi connectivity index (χ3v) is 4.41. The van der Waals surface area contributed by atoms with Gasteiger partial charge < -0.3 is 5.32 Å². The second-order valence-electron chi connectivity index (χ2n) is 5.42. The molecule has 1 amide bonds. The Morgan fingerprint density at radius 2 is 2.17 bits per heavy atom. The minimum Gasteiger partial charge on any atom is -0.321 e. The van der Waals surface area contributed by atoms with Crippen LogP contribution in [-0.4, -0.2) is 21.5 Å². The van der Waals surface area contributed by atoms with E-state index in [0.29, 0.717) is 29.1 Å². The molecule has 0 unspecified atom stereocenters. The molecule has 2 aromatic heterocycles. The van der Waals surface area contributed by atoms with E-state index in [4.69, 9.17) is 0 Å². The highest BCUT2D eigenvalue weighted by atomic mass is 32.2. The average molecular weight is 343 g/mol. The first-order valence-corrected chi connectivity index (χ1v) is 8.96. The van der Waals surface area contributed by atoms with Gasteiger partial charge in [-0.2, -0.15) is 0 Å². The smallest absolute Gasteiger partial charge is 0.274 e. The topological polar surface area (TPSA) is 46.4 Å². The molecular formula is C18H18FN3OS. The SMILES string of the molecule is CCCc1nc2ccc(F)cn2c1C(=O)Nc1cccc(SC)c1. The van der Waals surface area contributed by atoms with Crippen molar-refractivity contribution >= 4 is 29.0 Å². The van der Waals surface area contributed by atoms with Crippen LogP contribution >= 0.6 is 11.8 Å². The predicted molar refractivity (Wildman–Crippen MR) is 95.3 cm³/mol. The van der Waals surface area contributed by atoms with Crippen molar-refractivity contribution in [1.82, 2.24) is 9.38 Å². The van der Waals surface area contributed by atoms with Crippen molar-refractivity contribution in [3.05, 3.63) is 59.8 Å². The first-order valence-electron chi connectivity index (χ1n) is 7.74. The van der Waals surface area contributed by atoms with E-state index in [1.54, 1.807) is 17.8 Å². The van der Waals surface area contributed by atoms with Crippen molar-refractivity contribution in [3.8, 4) is 0 Å². The number of pyridine rings is 1. The van der Waals surface area contributed by atoms with Crippen molar-refractivity contribution in [3.63, 3.8) is 0 Å². The monoisotopic (exact) mass is 343 g/mol. The van der Waals surface area contributed by atoms with Gasteiger partial charge in [0.2, 0.25) is 0 Å². The summed E-state index contributed by atoms with van der Waals surface area (Å²) in [6.07, 6.45) is 4.80. The number of aryl methyl sites for hydroxylation is 1. The van der Waals surface area contributed by atoms with Gasteiger partial charge in [-0.05, 0) is 43.0 Å². The van der Waals surface area contributed by atoms with Crippen LogP contribution in [0.2, 0.25) is 0 Å². The van der Waals surface area contributed by atoms with Crippen LogP contribution in [0.5, 0.6) is 0 Å². The second kappa shape index (κ2) is 7.05. The first kappa shape index (κ1) is 16.5. The molecule has 4 nitrogen and oxygen atoms in total. The maximum atomic E-state index is 13.6. The zero-order valence-corrected chi connectivity index (χ0v) is 14.4. The summed E-state index contributed by atoms with van der Waals surface area (Å²) in [6, 6.07) is 10.5. The number of halogens is 1. The maximum absolute atomic E-state index is 13.6. The van der Waals surface area contributed by atoms with Crippen LogP contribution in [0.3, 0.4) is 0 Å².